The molecule has 0 aliphatic carbocycles. The molecular formula is C9H19N2O2+. The zero-order valence-electron chi connectivity index (χ0n) is 8.59. The van der Waals surface area contributed by atoms with Crippen molar-refractivity contribution in [1.82, 2.24) is 5.32 Å². The standard InChI is InChI=1S/C9H18N2O2/c1-9(2,3)13-8(12)11-7-4-5-10-6-7/h7,10H,4-6H2,1-3H3,(H,11,12)/p+1/t7-/m0/s1. The van der Waals surface area contributed by atoms with Crippen molar-refractivity contribution in [3.05, 3.63) is 0 Å². The van der Waals surface area contributed by atoms with Gasteiger partial charge in [-0.1, -0.05) is 0 Å². The third kappa shape index (κ3) is 4.12. The maximum atomic E-state index is 11.3. The number of hydrogen-bond acceptors (Lipinski definition) is 2. The molecule has 1 fully saturated rings. The summed E-state index contributed by atoms with van der Waals surface area (Å²) in [5, 5.41) is 5.04. The molecule has 1 rings (SSSR count). The SMILES string of the molecule is CC(C)(C)OC(=O)N[C@H]1CC[NH2+]C1. The number of amides is 1. The fraction of sp³-hybridized carbons (Fsp3) is 0.889. The first-order valence-corrected chi connectivity index (χ1v) is 4.78. The summed E-state index contributed by atoms with van der Waals surface area (Å²) in [6.45, 7) is 7.67. The summed E-state index contributed by atoms with van der Waals surface area (Å²) in [5.74, 6) is 0. The highest BCUT2D eigenvalue weighted by atomic mass is 16.6. The molecular weight excluding hydrogens is 168 g/mol. The summed E-state index contributed by atoms with van der Waals surface area (Å²) in [5.41, 5.74) is -0.396. The molecule has 1 saturated heterocycles. The summed E-state index contributed by atoms with van der Waals surface area (Å²) in [6.07, 6.45) is 0.743. The average molecular weight is 187 g/mol. The van der Waals surface area contributed by atoms with Crippen LogP contribution in [0.4, 0.5) is 4.79 Å². The quantitative estimate of drug-likeness (QED) is 0.599. The molecule has 0 radical (unpaired) electrons. The van der Waals surface area contributed by atoms with Crippen LogP contribution in [0.25, 0.3) is 0 Å². The molecule has 0 aromatic rings. The van der Waals surface area contributed by atoms with Crippen LogP contribution in [-0.2, 0) is 4.74 Å². The van der Waals surface area contributed by atoms with E-state index in [1.165, 1.54) is 0 Å². The number of alkyl carbamates (subject to hydrolysis) is 1. The lowest BCUT2D eigenvalue weighted by atomic mass is 10.2. The number of ether oxygens (including phenoxy) is 1. The molecule has 0 spiro atoms. The van der Waals surface area contributed by atoms with Gasteiger partial charge in [-0.05, 0) is 20.8 Å². The van der Waals surface area contributed by atoms with Gasteiger partial charge in [0.1, 0.15) is 5.60 Å². The van der Waals surface area contributed by atoms with Crippen molar-refractivity contribution >= 4 is 6.09 Å². The van der Waals surface area contributed by atoms with Gasteiger partial charge in [-0.15, -0.1) is 0 Å². The fourth-order valence-electron chi connectivity index (χ4n) is 1.36. The maximum absolute atomic E-state index is 11.3. The topological polar surface area (TPSA) is 54.9 Å². The summed E-state index contributed by atoms with van der Waals surface area (Å²) in [4.78, 5) is 11.3. The molecule has 1 atom stereocenters. The number of nitrogens with two attached hydrogens (primary N) is 1. The average Bonchev–Trinajstić information content (AvgIpc) is 2.34. The summed E-state index contributed by atoms with van der Waals surface area (Å²) in [6, 6.07) is 0.287. The lowest BCUT2D eigenvalue weighted by Crippen LogP contribution is -2.82. The lowest BCUT2D eigenvalue weighted by Gasteiger charge is -2.20. The van der Waals surface area contributed by atoms with E-state index < -0.39 is 5.60 Å². The largest absolute Gasteiger partial charge is 0.444 e. The Hall–Kier alpha value is -0.770. The molecule has 13 heavy (non-hydrogen) atoms. The highest BCUT2D eigenvalue weighted by Crippen LogP contribution is 2.07. The van der Waals surface area contributed by atoms with Crippen molar-refractivity contribution in [2.45, 2.75) is 38.8 Å². The second-order valence-electron chi connectivity index (χ2n) is 4.44. The zero-order chi connectivity index (χ0) is 9.90. The van der Waals surface area contributed by atoms with Gasteiger partial charge in [0.15, 0.2) is 0 Å². The Balaban J connectivity index is 2.24. The van der Waals surface area contributed by atoms with Crippen molar-refractivity contribution in [2.75, 3.05) is 13.1 Å². The number of rotatable bonds is 1. The van der Waals surface area contributed by atoms with E-state index in [0.717, 1.165) is 19.5 Å². The second-order valence-corrected chi connectivity index (χ2v) is 4.44. The van der Waals surface area contributed by atoms with E-state index in [2.05, 4.69) is 10.6 Å². The van der Waals surface area contributed by atoms with Crippen LogP contribution in [0, 0.1) is 0 Å². The molecule has 1 amide bonds. The minimum Gasteiger partial charge on any atom is -0.444 e. The molecule has 1 heterocycles. The van der Waals surface area contributed by atoms with Gasteiger partial charge in [-0.2, -0.15) is 0 Å². The van der Waals surface area contributed by atoms with Crippen LogP contribution in [0.15, 0.2) is 0 Å². The number of hydrogen-bond donors (Lipinski definition) is 2. The van der Waals surface area contributed by atoms with Gasteiger partial charge < -0.3 is 15.4 Å². The van der Waals surface area contributed by atoms with Gasteiger partial charge in [-0.3, -0.25) is 0 Å². The van der Waals surface area contributed by atoms with Crippen molar-refractivity contribution in [3.63, 3.8) is 0 Å². The fourth-order valence-corrected chi connectivity index (χ4v) is 1.36. The predicted octanol–water partition coefficient (Wildman–Crippen LogP) is -0.153. The molecule has 0 aromatic carbocycles. The van der Waals surface area contributed by atoms with E-state index in [0.29, 0.717) is 0 Å². The first-order chi connectivity index (χ1) is 5.97. The Morgan fingerprint density at radius 3 is 2.69 bits per heavy atom. The molecule has 4 heteroatoms. The highest BCUT2D eigenvalue weighted by molar-refractivity contribution is 5.68. The highest BCUT2D eigenvalue weighted by Gasteiger charge is 2.23. The molecule has 1 aliphatic heterocycles. The third-order valence-electron chi connectivity index (χ3n) is 1.89. The Bertz CT molecular complexity index is 181. The van der Waals surface area contributed by atoms with E-state index in [1.54, 1.807) is 0 Å². The second kappa shape index (κ2) is 3.96. The van der Waals surface area contributed by atoms with E-state index in [-0.39, 0.29) is 12.1 Å². The van der Waals surface area contributed by atoms with Gasteiger partial charge >= 0.3 is 6.09 Å². The first kappa shape index (κ1) is 10.3. The van der Waals surface area contributed by atoms with Crippen LogP contribution in [0.1, 0.15) is 27.2 Å². The number of quaternary nitrogens is 1. The molecule has 76 valence electrons. The third-order valence-corrected chi connectivity index (χ3v) is 1.89. The van der Waals surface area contributed by atoms with E-state index in [4.69, 9.17) is 4.74 Å². The number of carbonyl (C=O) groups excluding carboxylic acids is 1. The number of nitrogens with one attached hydrogen (secondary N) is 1. The van der Waals surface area contributed by atoms with Gasteiger partial charge in [0.05, 0.1) is 19.1 Å². The monoisotopic (exact) mass is 187 g/mol. The van der Waals surface area contributed by atoms with Crippen LogP contribution >= 0.6 is 0 Å². The Morgan fingerprint density at radius 1 is 1.54 bits per heavy atom. The Labute approximate surface area is 79.0 Å². The summed E-state index contributed by atoms with van der Waals surface area (Å²) < 4.78 is 5.14. The van der Waals surface area contributed by atoms with Crippen molar-refractivity contribution in [1.29, 1.82) is 0 Å². The predicted molar refractivity (Wildman–Crippen MR) is 49.4 cm³/mol. The lowest BCUT2D eigenvalue weighted by molar-refractivity contribution is -0.636. The van der Waals surface area contributed by atoms with Crippen LogP contribution in [0.5, 0.6) is 0 Å². The van der Waals surface area contributed by atoms with Gasteiger partial charge in [0.25, 0.3) is 0 Å². The number of carbonyl (C=O) groups is 1. The molecule has 0 bridgehead atoms. The van der Waals surface area contributed by atoms with Crippen molar-refractivity contribution in [3.8, 4) is 0 Å². The van der Waals surface area contributed by atoms with Gasteiger partial charge in [0.2, 0.25) is 0 Å². The molecule has 4 nitrogen and oxygen atoms in total. The smallest absolute Gasteiger partial charge is 0.408 e. The van der Waals surface area contributed by atoms with Crippen LogP contribution in [0.2, 0.25) is 0 Å². The molecule has 0 aromatic heterocycles. The summed E-state index contributed by atoms with van der Waals surface area (Å²) in [7, 11) is 0. The normalized spacial score (nSPS) is 22.8. The molecule has 3 N–H and O–H groups in total. The van der Waals surface area contributed by atoms with Crippen LogP contribution in [-0.4, -0.2) is 30.8 Å². The van der Waals surface area contributed by atoms with Gasteiger partial charge in [-0.25, -0.2) is 4.79 Å². The maximum Gasteiger partial charge on any atom is 0.408 e. The Kier molecular flexibility index (Phi) is 3.14. The van der Waals surface area contributed by atoms with Crippen molar-refractivity contribution in [2.24, 2.45) is 0 Å². The van der Waals surface area contributed by atoms with E-state index >= 15 is 0 Å². The van der Waals surface area contributed by atoms with Gasteiger partial charge in [0, 0.05) is 6.42 Å². The minimum atomic E-state index is -0.396. The van der Waals surface area contributed by atoms with Crippen LogP contribution in [0.3, 0.4) is 0 Å². The zero-order valence-corrected chi connectivity index (χ0v) is 8.59. The van der Waals surface area contributed by atoms with E-state index in [9.17, 15) is 4.79 Å². The van der Waals surface area contributed by atoms with Crippen LogP contribution < -0.4 is 10.6 Å². The first-order valence-electron chi connectivity index (χ1n) is 4.78. The van der Waals surface area contributed by atoms with Crippen molar-refractivity contribution < 1.29 is 14.8 Å². The summed E-state index contributed by atoms with van der Waals surface area (Å²) >= 11 is 0. The minimum absolute atomic E-state index is 0.287. The van der Waals surface area contributed by atoms with E-state index in [1.807, 2.05) is 20.8 Å². The molecule has 0 saturated carbocycles. The Morgan fingerprint density at radius 2 is 2.23 bits per heavy atom. The molecule has 1 aliphatic rings. The molecule has 0 unspecified atom stereocenters.